The fraction of sp³-hybridized carbons (Fsp3) is 0.467. The van der Waals surface area contributed by atoms with Crippen molar-refractivity contribution in [3.05, 3.63) is 35.9 Å². The number of piperidine rings is 1. The second-order valence-electron chi connectivity index (χ2n) is 5.08. The summed E-state index contributed by atoms with van der Waals surface area (Å²) in [5, 5.41) is 0. The third-order valence-corrected chi connectivity index (χ3v) is 3.48. The third kappa shape index (κ3) is 4.27. The number of rotatable bonds is 4. The molecule has 21 heavy (non-hydrogen) atoms. The Morgan fingerprint density at radius 1 is 1.24 bits per heavy atom. The molecule has 1 aliphatic rings. The van der Waals surface area contributed by atoms with E-state index in [0.29, 0.717) is 25.9 Å². The molecule has 0 spiro atoms. The third-order valence-electron chi connectivity index (χ3n) is 3.48. The molecule has 6 heteroatoms. The van der Waals surface area contributed by atoms with Gasteiger partial charge in [-0.2, -0.15) is 4.89 Å². The standard InChI is InChI=1S/C15H20N2O4/c1-11(18)20-21-13-7-9-17(10-8-13)15(19)14(16)12-5-3-2-4-6-12/h2-6,13-14H,7-10,16H2,1H3/t14-/m0/s1. The number of carbonyl (C=O) groups is 2. The molecular formula is C15H20N2O4. The first kappa shape index (κ1) is 15.5. The highest BCUT2D eigenvalue weighted by atomic mass is 17.2. The normalized spacial score (nSPS) is 17.3. The highest BCUT2D eigenvalue weighted by molar-refractivity contribution is 5.83. The minimum absolute atomic E-state index is 0.0906. The Labute approximate surface area is 123 Å². The Morgan fingerprint density at radius 2 is 1.86 bits per heavy atom. The van der Waals surface area contributed by atoms with E-state index in [9.17, 15) is 9.59 Å². The summed E-state index contributed by atoms with van der Waals surface area (Å²) in [5.74, 6) is -0.563. The molecule has 1 amide bonds. The lowest BCUT2D eigenvalue weighted by Crippen LogP contribution is -2.45. The predicted molar refractivity (Wildman–Crippen MR) is 75.8 cm³/mol. The minimum Gasteiger partial charge on any atom is -0.341 e. The minimum atomic E-state index is -0.642. The lowest BCUT2D eigenvalue weighted by molar-refractivity contribution is -0.301. The van der Waals surface area contributed by atoms with Crippen molar-refractivity contribution < 1.29 is 19.4 Å². The van der Waals surface area contributed by atoms with Gasteiger partial charge in [-0.1, -0.05) is 30.3 Å². The number of benzene rings is 1. The molecule has 1 fully saturated rings. The van der Waals surface area contributed by atoms with Crippen LogP contribution in [-0.2, 0) is 19.4 Å². The van der Waals surface area contributed by atoms with Gasteiger partial charge in [0.15, 0.2) is 0 Å². The van der Waals surface area contributed by atoms with Gasteiger partial charge in [0, 0.05) is 20.0 Å². The van der Waals surface area contributed by atoms with Gasteiger partial charge in [-0.05, 0) is 18.4 Å². The summed E-state index contributed by atoms with van der Waals surface area (Å²) in [4.78, 5) is 34.3. The lowest BCUT2D eigenvalue weighted by atomic mass is 10.0. The molecule has 2 N–H and O–H groups in total. The van der Waals surface area contributed by atoms with Crippen LogP contribution in [0.1, 0.15) is 31.4 Å². The van der Waals surface area contributed by atoms with Crippen LogP contribution in [0.2, 0.25) is 0 Å². The number of likely N-dealkylation sites (tertiary alicyclic amines) is 1. The van der Waals surface area contributed by atoms with Crippen LogP contribution in [0.25, 0.3) is 0 Å². The van der Waals surface area contributed by atoms with Gasteiger partial charge >= 0.3 is 5.97 Å². The van der Waals surface area contributed by atoms with Gasteiger partial charge in [-0.15, -0.1) is 0 Å². The number of carbonyl (C=O) groups excluding carboxylic acids is 2. The van der Waals surface area contributed by atoms with Crippen LogP contribution in [0.5, 0.6) is 0 Å². The summed E-state index contributed by atoms with van der Waals surface area (Å²) in [5.41, 5.74) is 6.82. The van der Waals surface area contributed by atoms with Crippen LogP contribution < -0.4 is 5.73 Å². The predicted octanol–water partition coefficient (Wildman–Crippen LogP) is 1.17. The maximum Gasteiger partial charge on any atom is 0.339 e. The fourth-order valence-corrected chi connectivity index (χ4v) is 2.31. The van der Waals surface area contributed by atoms with Gasteiger partial charge < -0.3 is 10.6 Å². The molecule has 1 aromatic carbocycles. The summed E-state index contributed by atoms with van der Waals surface area (Å²) >= 11 is 0. The monoisotopic (exact) mass is 292 g/mol. The summed E-state index contributed by atoms with van der Waals surface area (Å²) in [7, 11) is 0. The van der Waals surface area contributed by atoms with Crippen molar-refractivity contribution in [3.8, 4) is 0 Å². The first-order valence-electron chi connectivity index (χ1n) is 7.01. The summed E-state index contributed by atoms with van der Waals surface area (Å²) in [6, 6.07) is 8.66. The van der Waals surface area contributed by atoms with Gasteiger partial charge in [0.2, 0.25) is 5.91 Å². The second-order valence-corrected chi connectivity index (χ2v) is 5.08. The van der Waals surface area contributed by atoms with Gasteiger partial charge in [0.05, 0.1) is 0 Å². The van der Waals surface area contributed by atoms with Gasteiger partial charge in [-0.25, -0.2) is 4.79 Å². The molecule has 1 aromatic rings. The van der Waals surface area contributed by atoms with Crippen LogP contribution in [0.3, 0.4) is 0 Å². The molecule has 0 aliphatic carbocycles. The molecule has 1 saturated heterocycles. The van der Waals surface area contributed by atoms with E-state index in [4.69, 9.17) is 10.6 Å². The van der Waals surface area contributed by atoms with Crippen LogP contribution in [0, 0.1) is 0 Å². The van der Waals surface area contributed by atoms with E-state index in [1.165, 1.54) is 6.92 Å². The quantitative estimate of drug-likeness (QED) is 0.665. The molecular weight excluding hydrogens is 272 g/mol. The van der Waals surface area contributed by atoms with Gasteiger partial charge in [0.25, 0.3) is 0 Å². The van der Waals surface area contributed by atoms with E-state index in [0.717, 1.165) is 5.56 Å². The van der Waals surface area contributed by atoms with Crippen LogP contribution in [0.4, 0.5) is 0 Å². The average Bonchev–Trinajstić information content (AvgIpc) is 2.53. The second kappa shape index (κ2) is 7.19. The maximum atomic E-state index is 12.3. The van der Waals surface area contributed by atoms with Crippen molar-refractivity contribution >= 4 is 11.9 Å². The molecule has 114 valence electrons. The van der Waals surface area contributed by atoms with Gasteiger partial charge in [0.1, 0.15) is 12.1 Å². The van der Waals surface area contributed by atoms with Crippen LogP contribution in [0.15, 0.2) is 30.3 Å². The first-order valence-corrected chi connectivity index (χ1v) is 7.01. The largest absolute Gasteiger partial charge is 0.341 e. The zero-order valence-electron chi connectivity index (χ0n) is 12.0. The molecule has 1 aliphatic heterocycles. The Morgan fingerprint density at radius 3 is 2.43 bits per heavy atom. The number of nitrogens with zero attached hydrogens (tertiary/aromatic N) is 1. The molecule has 2 rings (SSSR count). The highest BCUT2D eigenvalue weighted by Gasteiger charge is 2.28. The van der Waals surface area contributed by atoms with E-state index < -0.39 is 12.0 Å². The van der Waals surface area contributed by atoms with Crippen molar-refractivity contribution in [1.82, 2.24) is 4.90 Å². The molecule has 0 saturated carbocycles. The summed E-state index contributed by atoms with van der Waals surface area (Å²) < 4.78 is 0. The molecule has 0 bridgehead atoms. The molecule has 0 radical (unpaired) electrons. The van der Waals surface area contributed by atoms with Crippen molar-refractivity contribution in [2.24, 2.45) is 5.73 Å². The number of amides is 1. The first-order chi connectivity index (χ1) is 10.1. The number of hydrogen-bond donors (Lipinski definition) is 1. The zero-order valence-corrected chi connectivity index (χ0v) is 12.0. The number of nitrogens with two attached hydrogens (primary N) is 1. The van der Waals surface area contributed by atoms with Gasteiger partial charge in [-0.3, -0.25) is 9.68 Å². The Hall–Kier alpha value is -1.92. The van der Waals surface area contributed by atoms with Crippen molar-refractivity contribution in [1.29, 1.82) is 0 Å². The SMILES string of the molecule is CC(=O)OOC1CCN(C(=O)[C@@H](N)c2ccccc2)CC1. The van der Waals surface area contributed by atoms with Crippen molar-refractivity contribution in [2.75, 3.05) is 13.1 Å². The van der Waals surface area contributed by atoms with E-state index >= 15 is 0 Å². The molecule has 1 heterocycles. The topological polar surface area (TPSA) is 81.9 Å². The molecule has 6 nitrogen and oxygen atoms in total. The average molecular weight is 292 g/mol. The van der Waals surface area contributed by atoms with Crippen LogP contribution in [-0.4, -0.2) is 36.0 Å². The molecule has 0 aromatic heterocycles. The smallest absolute Gasteiger partial charge is 0.339 e. The van der Waals surface area contributed by atoms with Crippen LogP contribution >= 0.6 is 0 Å². The zero-order chi connectivity index (χ0) is 15.2. The van der Waals surface area contributed by atoms with Crippen molar-refractivity contribution in [3.63, 3.8) is 0 Å². The Kier molecular flexibility index (Phi) is 5.30. The number of hydrogen-bond acceptors (Lipinski definition) is 5. The van der Waals surface area contributed by atoms with Crippen molar-refractivity contribution in [2.45, 2.75) is 31.9 Å². The van der Waals surface area contributed by atoms with E-state index in [-0.39, 0.29) is 12.0 Å². The van der Waals surface area contributed by atoms with E-state index in [1.807, 2.05) is 30.3 Å². The maximum absolute atomic E-state index is 12.3. The van der Waals surface area contributed by atoms with E-state index in [2.05, 4.69) is 4.89 Å². The summed E-state index contributed by atoms with van der Waals surface area (Å²) in [6.07, 6.45) is 1.09. The van der Waals surface area contributed by atoms with E-state index in [1.54, 1.807) is 4.90 Å². The molecule has 0 unspecified atom stereocenters. The molecule has 1 atom stereocenters. The Bertz CT molecular complexity index is 484. The summed E-state index contributed by atoms with van der Waals surface area (Å²) in [6.45, 7) is 2.38. The highest BCUT2D eigenvalue weighted by Crippen LogP contribution is 2.19. The fourth-order valence-electron chi connectivity index (χ4n) is 2.31. The lowest BCUT2D eigenvalue weighted by Gasteiger charge is -2.32. The Balaban J connectivity index is 1.84.